The number of rotatable bonds is 8. The van der Waals surface area contributed by atoms with Crippen LogP contribution in [0.4, 0.5) is 5.69 Å². The zero-order valence-corrected chi connectivity index (χ0v) is 23.5. The molecule has 1 saturated heterocycles. The van der Waals surface area contributed by atoms with Crippen molar-refractivity contribution in [1.82, 2.24) is 39.6 Å². The van der Waals surface area contributed by atoms with E-state index in [1.807, 2.05) is 24.4 Å². The predicted octanol–water partition coefficient (Wildman–Crippen LogP) is 1.48. The molecule has 2 aliphatic heterocycles. The number of fused-ring (bicyclic) bond motifs is 3. The number of likely N-dealkylation sites (tertiary alicyclic amines) is 1. The number of hydrogen-bond acceptors (Lipinski definition) is 10. The number of carbonyl (C=O) groups excluding carboxylic acids is 2. The van der Waals surface area contributed by atoms with Crippen LogP contribution >= 0.6 is 0 Å². The summed E-state index contributed by atoms with van der Waals surface area (Å²) in [7, 11) is 1.59. The van der Waals surface area contributed by atoms with E-state index in [-0.39, 0.29) is 23.4 Å². The molecule has 220 valence electrons. The number of nitrogens with one attached hydrogen (secondary N) is 2. The van der Waals surface area contributed by atoms with E-state index >= 15 is 0 Å². The second-order valence-corrected chi connectivity index (χ2v) is 10.5. The Labute approximate surface area is 245 Å². The van der Waals surface area contributed by atoms with Gasteiger partial charge in [0.15, 0.2) is 11.3 Å². The molecule has 0 radical (unpaired) electrons. The Kier molecular flexibility index (Phi) is 6.74. The van der Waals surface area contributed by atoms with Gasteiger partial charge in [0.05, 0.1) is 47.1 Å². The number of hydrogen-bond donors (Lipinski definition) is 3. The van der Waals surface area contributed by atoms with Crippen LogP contribution in [0.3, 0.4) is 0 Å². The number of methoxy groups -OCH3 is 1. The minimum absolute atomic E-state index is 0.148. The van der Waals surface area contributed by atoms with Gasteiger partial charge in [-0.15, -0.1) is 0 Å². The molecular weight excluding hydrogens is 552 g/mol. The molecule has 0 aliphatic carbocycles. The smallest absolute Gasteiger partial charge is 0.272 e. The number of ether oxygens (including phenoxy) is 2. The maximum Gasteiger partial charge on any atom is 0.272 e. The van der Waals surface area contributed by atoms with Gasteiger partial charge in [-0.2, -0.15) is 10.2 Å². The van der Waals surface area contributed by atoms with Crippen molar-refractivity contribution >= 4 is 34.1 Å². The van der Waals surface area contributed by atoms with Crippen molar-refractivity contribution in [2.24, 2.45) is 11.7 Å². The van der Waals surface area contributed by atoms with Gasteiger partial charge >= 0.3 is 0 Å². The van der Waals surface area contributed by atoms with Gasteiger partial charge in [0.2, 0.25) is 5.91 Å². The highest BCUT2D eigenvalue weighted by atomic mass is 16.5. The van der Waals surface area contributed by atoms with Crippen LogP contribution < -0.4 is 25.8 Å². The normalized spacial score (nSPS) is 16.5. The molecule has 14 nitrogen and oxygen atoms in total. The van der Waals surface area contributed by atoms with Crippen molar-refractivity contribution in [3.05, 3.63) is 54.7 Å². The summed E-state index contributed by atoms with van der Waals surface area (Å²) in [6, 6.07) is 7.40. The molecule has 7 rings (SSSR count). The van der Waals surface area contributed by atoms with Crippen LogP contribution in [-0.2, 0) is 4.79 Å². The number of amides is 2. The standard InChI is InChI=1S/C29H30N10O4/c1-42-25-12-21-24(43-10-6-31-21)13-23(25)39-22-11-20(18-15-35-38-7-2-4-32-28(18)38)34-14-19(22)26(36-39)29(41)33-5-9-37-8-3-17(16-37)27(30)40/h2,4,7,11-15,17,31H,3,5-6,8-10,16H2,1H3,(H2,30,40)(H,33,41)/t17-/m1/s1. The van der Waals surface area contributed by atoms with Crippen LogP contribution in [-0.4, -0.2) is 92.5 Å². The van der Waals surface area contributed by atoms with E-state index < -0.39 is 0 Å². The van der Waals surface area contributed by atoms with Crippen molar-refractivity contribution in [3.8, 4) is 28.4 Å². The second-order valence-electron chi connectivity index (χ2n) is 10.5. The Balaban J connectivity index is 1.27. The molecule has 1 aromatic carbocycles. The summed E-state index contributed by atoms with van der Waals surface area (Å²) in [5.41, 5.74) is 9.79. The summed E-state index contributed by atoms with van der Waals surface area (Å²) in [6.45, 7) is 3.57. The second kappa shape index (κ2) is 10.9. The Bertz CT molecular complexity index is 1870. The summed E-state index contributed by atoms with van der Waals surface area (Å²) in [4.78, 5) is 36.3. The van der Waals surface area contributed by atoms with E-state index in [1.165, 1.54) is 0 Å². The maximum absolute atomic E-state index is 13.5. The minimum atomic E-state index is -0.337. The maximum atomic E-state index is 13.5. The lowest BCUT2D eigenvalue weighted by atomic mass is 10.1. The number of pyridine rings is 1. The third-order valence-electron chi connectivity index (χ3n) is 7.91. The van der Waals surface area contributed by atoms with Gasteiger partial charge in [-0.3, -0.25) is 14.6 Å². The molecule has 1 atom stereocenters. The molecule has 2 amide bonds. The average Bonchev–Trinajstić information content (AvgIpc) is 3.77. The molecule has 0 spiro atoms. The number of nitrogens with two attached hydrogens (primary N) is 1. The van der Waals surface area contributed by atoms with Crippen LogP contribution in [0.2, 0.25) is 0 Å². The van der Waals surface area contributed by atoms with Crippen LogP contribution in [0.1, 0.15) is 16.9 Å². The van der Waals surface area contributed by atoms with Gasteiger partial charge in [0, 0.05) is 56.9 Å². The van der Waals surface area contributed by atoms with Crippen molar-refractivity contribution in [1.29, 1.82) is 0 Å². The molecule has 0 unspecified atom stereocenters. The van der Waals surface area contributed by atoms with Gasteiger partial charge in [0.25, 0.3) is 5.91 Å². The van der Waals surface area contributed by atoms with E-state index in [2.05, 4.69) is 30.6 Å². The predicted molar refractivity (Wildman–Crippen MR) is 157 cm³/mol. The molecule has 5 aromatic rings. The number of carbonyl (C=O) groups is 2. The van der Waals surface area contributed by atoms with E-state index in [4.69, 9.17) is 20.3 Å². The number of benzene rings is 1. The Hall–Kier alpha value is -5.24. The summed E-state index contributed by atoms with van der Waals surface area (Å²) in [6.07, 6.45) is 7.62. The third-order valence-corrected chi connectivity index (χ3v) is 7.91. The molecule has 6 heterocycles. The summed E-state index contributed by atoms with van der Waals surface area (Å²) in [5, 5.41) is 16.1. The van der Waals surface area contributed by atoms with Crippen LogP contribution in [0.15, 0.2) is 49.1 Å². The van der Waals surface area contributed by atoms with E-state index in [0.717, 1.165) is 24.2 Å². The minimum Gasteiger partial charge on any atom is -0.494 e. The molecule has 4 aromatic heterocycles. The Morgan fingerprint density at radius 2 is 2.14 bits per heavy atom. The summed E-state index contributed by atoms with van der Waals surface area (Å²) in [5.74, 6) is 0.454. The first kappa shape index (κ1) is 26.6. The fraction of sp³-hybridized carbons (Fsp3) is 0.310. The average molecular weight is 583 g/mol. The van der Waals surface area contributed by atoms with E-state index in [9.17, 15) is 9.59 Å². The van der Waals surface area contributed by atoms with Crippen LogP contribution in [0.25, 0.3) is 33.5 Å². The highest BCUT2D eigenvalue weighted by Crippen LogP contribution is 2.38. The van der Waals surface area contributed by atoms with Crippen molar-refractivity contribution in [3.63, 3.8) is 0 Å². The molecular formula is C29H30N10O4. The fourth-order valence-electron chi connectivity index (χ4n) is 5.68. The monoisotopic (exact) mass is 582 g/mol. The molecule has 43 heavy (non-hydrogen) atoms. The number of primary amides is 1. The molecule has 1 fully saturated rings. The zero-order valence-electron chi connectivity index (χ0n) is 23.5. The van der Waals surface area contributed by atoms with Gasteiger partial charge in [0.1, 0.15) is 23.8 Å². The zero-order chi connectivity index (χ0) is 29.5. The molecule has 2 aliphatic rings. The van der Waals surface area contributed by atoms with Crippen molar-refractivity contribution in [2.45, 2.75) is 6.42 Å². The summed E-state index contributed by atoms with van der Waals surface area (Å²) < 4.78 is 15.0. The van der Waals surface area contributed by atoms with Crippen LogP contribution in [0.5, 0.6) is 11.5 Å². The summed E-state index contributed by atoms with van der Waals surface area (Å²) >= 11 is 0. The fourth-order valence-corrected chi connectivity index (χ4v) is 5.68. The highest BCUT2D eigenvalue weighted by molar-refractivity contribution is 6.05. The quantitative estimate of drug-likeness (QED) is 0.244. The van der Waals surface area contributed by atoms with E-state index in [0.29, 0.717) is 72.2 Å². The number of aromatic nitrogens is 6. The molecule has 0 saturated carbocycles. The van der Waals surface area contributed by atoms with Gasteiger partial charge < -0.3 is 30.7 Å². The SMILES string of the molecule is COc1cc2c(cc1-n1nc(C(=O)NCCN3CC[C@@H](C(N)=O)C3)c3cnc(-c4cnn5cccnc45)cc31)OCCN2. The Morgan fingerprint density at radius 3 is 2.98 bits per heavy atom. The first-order valence-electron chi connectivity index (χ1n) is 14.1. The number of anilines is 1. The molecule has 14 heteroatoms. The highest BCUT2D eigenvalue weighted by Gasteiger charge is 2.27. The van der Waals surface area contributed by atoms with Gasteiger partial charge in [-0.05, 0) is 25.1 Å². The molecule has 4 N–H and O–H groups in total. The molecule has 0 bridgehead atoms. The topological polar surface area (TPSA) is 167 Å². The Morgan fingerprint density at radius 1 is 1.23 bits per heavy atom. The number of nitrogens with zero attached hydrogens (tertiary/aromatic N) is 7. The lowest BCUT2D eigenvalue weighted by molar-refractivity contribution is -0.121. The van der Waals surface area contributed by atoms with Gasteiger partial charge in [-0.1, -0.05) is 0 Å². The van der Waals surface area contributed by atoms with E-state index in [1.54, 1.807) is 41.0 Å². The van der Waals surface area contributed by atoms with Crippen molar-refractivity contribution in [2.75, 3.05) is 51.8 Å². The first-order chi connectivity index (χ1) is 21.0. The third kappa shape index (κ3) is 4.84. The van der Waals surface area contributed by atoms with Crippen LogP contribution in [0, 0.1) is 5.92 Å². The van der Waals surface area contributed by atoms with Gasteiger partial charge in [-0.25, -0.2) is 14.2 Å². The largest absolute Gasteiger partial charge is 0.494 e. The lowest BCUT2D eigenvalue weighted by Crippen LogP contribution is -2.35. The van der Waals surface area contributed by atoms with Crippen molar-refractivity contribution < 1.29 is 19.1 Å². The first-order valence-corrected chi connectivity index (χ1v) is 14.1. The lowest BCUT2D eigenvalue weighted by Gasteiger charge is -2.21.